The number of ether oxygens (including phenoxy) is 1. The number of hydrogen-bond donors (Lipinski definition) is 0. The topological polar surface area (TPSA) is 26.3 Å². The fourth-order valence-corrected chi connectivity index (χ4v) is 1.05. The molecule has 0 aliphatic heterocycles. The van der Waals surface area contributed by atoms with E-state index in [1.807, 2.05) is 0 Å². The molecule has 0 aliphatic carbocycles. The van der Waals surface area contributed by atoms with Crippen molar-refractivity contribution in [1.82, 2.24) is 0 Å². The monoisotopic (exact) mass is 352 g/mol. The summed E-state index contributed by atoms with van der Waals surface area (Å²) in [7, 11) is 0. The molecule has 0 atom stereocenters. The predicted molar refractivity (Wildman–Crippen MR) is 79.1 cm³/mol. The molecule has 3 heteroatoms. The van der Waals surface area contributed by atoms with Crippen LogP contribution in [0.25, 0.3) is 0 Å². The van der Waals surface area contributed by atoms with E-state index >= 15 is 0 Å². The molecule has 0 unspecified atom stereocenters. The Bertz CT molecular complexity index is 177. The second kappa shape index (κ2) is 11.4. The van der Waals surface area contributed by atoms with Gasteiger partial charge in [-0.2, -0.15) is 0 Å². The summed E-state index contributed by atoms with van der Waals surface area (Å²) in [5.74, 6) is 0.623. The maximum atomic E-state index is 10.4. The summed E-state index contributed by atoms with van der Waals surface area (Å²) >= 11 is -1.18. The molecule has 0 rings (SSSR count). The van der Waals surface area contributed by atoms with E-state index in [-0.39, 0.29) is 5.97 Å². The predicted octanol–water partition coefficient (Wildman–Crippen LogP) is 4.72. The van der Waals surface area contributed by atoms with Crippen molar-refractivity contribution < 1.29 is 9.53 Å². The Kier molecular flexibility index (Phi) is 13.1. The molecule has 0 radical (unpaired) electrons. The zero-order valence-corrected chi connectivity index (χ0v) is 15.8. The van der Waals surface area contributed by atoms with Crippen LogP contribution in [0.15, 0.2) is 0 Å². The summed E-state index contributed by atoms with van der Waals surface area (Å²) in [4.78, 5) is 20.0. The molecule has 0 saturated heterocycles. The number of carbonyl (C=O) groups is 1. The number of unbranched alkanes of at least 4 members (excludes halogenated alkanes) is 2. The summed E-state index contributed by atoms with van der Waals surface area (Å²) in [5, 5.41) is 0. The molecule has 0 aromatic rings. The average molecular weight is 351 g/mol. The van der Waals surface area contributed by atoms with E-state index in [2.05, 4.69) is 33.6 Å². The molecule has 2 nitrogen and oxygen atoms in total. The van der Waals surface area contributed by atoms with E-state index in [0.717, 1.165) is 12.3 Å². The molecular formula is C14H32O2Sn. The summed E-state index contributed by atoms with van der Waals surface area (Å²) < 4.78 is 4.81. The SMILES string of the molecule is CC(=O)OCCCCCC(C)C.[CH3][Sn]([CH3])([CH3])[CH3]. The molecule has 0 heterocycles. The van der Waals surface area contributed by atoms with Crippen molar-refractivity contribution in [3.8, 4) is 0 Å². The summed E-state index contributed by atoms with van der Waals surface area (Å²) in [5.41, 5.74) is 0. The normalized spacial score (nSPS) is 10.8. The van der Waals surface area contributed by atoms with Gasteiger partial charge in [0.1, 0.15) is 0 Å². The number of esters is 1. The molecule has 0 fully saturated rings. The van der Waals surface area contributed by atoms with Gasteiger partial charge in [0, 0.05) is 6.92 Å². The number of carbonyl (C=O) groups excluding carboxylic acids is 1. The fourth-order valence-electron chi connectivity index (χ4n) is 1.05. The van der Waals surface area contributed by atoms with Gasteiger partial charge >= 0.3 is 44.1 Å². The first kappa shape index (κ1) is 19.6. The Morgan fingerprint density at radius 3 is 1.88 bits per heavy atom. The van der Waals surface area contributed by atoms with Crippen LogP contribution in [0.1, 0.15) is 46.5 Å². The minimum atomic E-state index is -1.18. The van der Waals surface area contributed by atoms with Crippen molar-refractivity contribution in [1.29, 1.82) is 0 Å². The van der Waals surface area contributed by atoms with Crippen molar-refractivity contribution >= 4 is 24.3 Å². The molecule has 0 spiro atoms. The Labute approximate surface area is 112 Å². The van der Waals surface area contributed by atoms with Crippen LogP contribution in [0.5, 0.6) is 0 Å². The van der Waals surface area contributed by atoms with Crippen molar-refractivity contribution in [2.45, 2.75) is 66.2 Å². The Morgan fingerprint density at radius 2 is 1.53 bits per heavy atom. The number of hydrogen-bond acceptors (Lipinski definition) is 2. The van der Waals surface area contributed by atoms with Crippen LogP contribution in [0.3, 0.4) is 0 Å². The van der Waals surface area contributed by atoms with E-state index in [1.165, 1.54) is 26.2 Å². The van der Waals surface area contributed by atoms with Crippen molar-refractivity contribution in [2.24, 2.45) is 5.92 Å². The first-order valence-corrected chi connectivity index (χ1v) is 18.2. The third-order valence-corrected chi connectivity index (χ3v) is 1.73. The average Bonchev–Trinajstić information content (AvgIpc) is 2.07. The van der Waals surface area contributed by atoms with E-state index in [9.17, 15) is 4.79 Å². The van der Waals surface area contributed by atoms with Crippen LogP contribution < -0.4 is 0 Å². The van der Waals surface area contributed by atoms with Gasteiger partial charge in [-0.3, -0.25) is 4.79 Å². The molecule has 0 N–H and O–H groups in total. The van der Waals surface area contributed by atoms with E-state index < -0.39 is 18.4 Å². The minimum absolute atomic E-state index is 0.168. The van der Waals surface area contributed by atoms with Crippen molar-refractivity contribution in [3.63, 3.8) is 0 Å². The first-order chi connectivity index (χ1) is 7.63. The first-order valence-electron chi connectivity index (χ1n) is 6.76. The molecule has 0 bridgehead atoms. The van der Waals surface area contributed by atoms with Crippen molar-refractivity contribution in [3.05, 3.63) is 0 Å². The Balaban J connectivity index is 0. The Morgan fingerprint density at radius 1 is 1.06 bits per heavy atom. The molecule has 0 saturated carbocycles. The van der Waals surface area contributed by atoms with Gasteiger partial charge < -0.3 is 4.74 Å². The maximum absolute atomic E-state index is 10.4. The zero-order chi connectivity index (χ0) is 13.9. The summed E-state index contributed by atoms with van der Waals surface area (Å²) in [6.07, 6.45) is 4.71. The van der Waals surface area contributed by atoms with E-state index in [4.69, 9.17) is 4.74 Å². The second-order valence-corrected chi connectivity index (χ2v) is 23.7. The van der Waals surface area contributed by atoms with Crippen molar-refractivity contribution in [2.75, 3.05) is 6.61 Å². The van der Waals surface area contributed by atoms with Gasteiger partial charge in [0.25, 0.3) is 0 Å². The Hall–Kier alpha value is 0.269. The van der Waals surface area contributed by atoms with E-state index in [1.54, 1.807) is 0 Å². The van der Waals surface area contributed by atoms with E-state index in [0.29, 0.717) is 6.61 Å². The molecule has 17 heavy (non-hydrogen) atoms. The van der Waals surface area contributed by atoms with Gasteiger partial charge in [0.2, 0.25) is 0 Å². The quantitative estimate of drug-likeness (QED) is 0.393. The van der Waals surface area contributed by atoms with Gasteiger partial charge in [-0.25, -0.2) is 0 Å². The van der Waals surface area contributed by atoms with Crippen LogP contribution in [-0.2, 0) is 9.53 Å². The van der Waals surface area contributed by atoms with Crippen LogP contribution >= 0.6 is 0 Å². The van der Waals surface area contributed by atoms with Crippen LogP contribution in [0.4, 0.5) is 0 Å². The molecular weight excluding hydrogens is 319 g/mol. The second-order valence-electron chi connectivity index (χ2n) is 6.58. The fraction of sp³-hybridized carbons (Fsp3) is 0.929. The van der Waals surface area contributed by atoms with Gasteiger partial charge in [0.05, 0.1) is 6.61 Å². The van der Waals surface area contributed by atoms with Crippen LogP contribution in [0, 0.1) is 5.92 Å². The van der Waals surface area contributed by atoms with Crippen LogP contribution in [-0.4, -0.2) is 31.0 Å². The molecule has 0 aromatic carbocycles. The standard InChI is InChI=1S/C10H20O2.4CH3.Sn/c1-9(2)7-5-4-6-8-12-10(3)11;;;;;/h9H,4-8H2,1-3H3;4*1H3;. The zero-order valence-electron chi connectivity index (χ0n) is 12.9. The molecule has 104 valence electrons. The van der Waals surface area contributed by atoms with Gasteiger partial charge in [-0.1, -0.05) is 33.1 Å². The summed E-state index contributed by atoms with van der Waals surface area (Å²) in [6, 6.07) is 0. The van der Waals surface area contributed by atoms with Crippen LogP contribution in [0.2, 0.25) is 19.8 Å². The van der Waals surface area contributed by atoms with Gasteiger partial charge in [-0.05, 0) is 12.3 Å². The third kappa shape index (κ3) is 38.6. The number of rotatable bonds is 6. The van der Waals surface area contributed by atoms with Gasteiger partial charge in [-0.15, -0.1) is 0 Å². The van der Waals surface area contributed by atoms with Gasteiger partial charge in [0.15, 0.2) is 0 Å². The molecule has 0 aliphatic rings. The summed E-state index contributed by atoms with van der Waals surface area (Å²) in [6.45, 7) is 6.50. The molecule has 0 aromatic heterocycles. The third-order valence-electron chi connectivity index (χ3n) is 1.73. The molecule has 0 amide bonds.